The summed E-state index contributed by atoms with van der Waals surface area (Å²) in [4.78, 5) is 14.6. The van der Waals surface area contributed by atoms with Crippen LogP contribution in [0, 0.1) is 12.7 Å². The predicted molar refractivity (Wildman–Crippen MR) is 109 cm³/mol. The van der Waals surface area contributed by atoms with Crippen LogP contribution in [-0.2, 0) is 0 Å². The van der Waals surface area contributed by atoms with E-state index in [0.717, 1.165) is 34.0 Å². The zero-order valence-corrected chi connectivity index (χ0v) is 16.4. The fraction of sp³-hybridized carbons (Fsp3) is 0.286. The molecule has 2 aromatic carbocycles. The van der Waals surface area contributed by atoms with E-state index in [0.29, 0.717) is 24.2 Å². The third-order valence-electron chi connectivity index (χ3n) is 4.88. The molecule has 5 nitrogen and oxygen atoms in total. The van der Waals surface area contributed by atoms with E-state index in [2.05, 4.69) is 10.2 Å². The van der Waals surface area contributed by atoms with Gasteiger partial charge in [0.05, 0.1) is 0 Å². The highest BCUT2D eigenvalue weighted by molar-refractivity contribution is 7.14. The van der Waals surface area contributed by atoms with Gasteiger partial charge in [0.2, 0.25) is 0 Å². The number of nitrogens with two attached hydrogens (primary N) is 1. The molecule has 28 heavy (non-hydrogen) atoms. The summed E-state index contributed by atoms with van der Waals surface area (Å²) in [6.45, 7) is 3.05. The van der Waals surface area contributed by atoms with Crippen LogP contribution in [0.5, 0.6) is 0 Å². The SMILES string of the molecule is Cc1nnc(-c2ccccc2-c2cc(F)cc(C(=O)N3CCCC(N)C3)c2)s1. The van der Waals surface area contributed by atoms with Crippen molar-refractivity contribution >= 4 is 17.2 Å². The largest absolute Gasteiger partial charge is 0.337 e. The van der Waals surface area contributed by atoms with Crippen LogP contribution in [0.15, 0.2) is 42.5 Å². The Morgan fingerprint density at radius 2 is 2.00 bits per heavy atom. The molecule has 0 bridgehead atoms. The van der Waals surface area contributed by atoms with Gasteiger partial charge in [0.25, 0.3) is 5.91 Å². The van der Waals surface area contributed by atoms with E-state index in [1.807, 2.05) is 31.2 Å². The molecule has 7 heteroatoms. The number of hydrogen-bond acceptors (Lipinski definition) is 5. The Hall–Kier alpha value is -2.64. The van der Waals surface area contributed by atoms with Gasteiger partial charge in [-0.2, -0.15) is 0 Å². The van der Waals surface area contributed by atoms with Crippen molar-refractivity contribution in [2.24, 2.45) is 5.73 Å². The van der Waals surface area contributed by atoms with Gasteiger partial charge in [-0.15, -0.1) is 10.2 Å². The van der Waals surface area contributed by atoms with Gasteiger partial charge in [0.15, 0.2) is 0 Å². The Bertz CT molecular complexity index is 1020. The first-order valence-electron chi connectivity index (χ1n) is 9.26. The Kier molecular flexibility index (Phi) is 5.19. The van der Waals surface area contributed by atoms with Gasteiger partial charge in [-0.25, -0.2) is 4.39 Å². The molecule has 0 saturated carbocycles. The number of aromatic nitrogens is 2. The fourth-order valence-electron chi connectivity index (χ4n) is 3.57. The van der Waals surface area contributed by atoms with Crippen LogP contribution in [0.3, 0.4) is 0 Å². The lowest BCUT2D eigenvalue weighted by molar-refractivity contribution is 0.0708. The molecule has 1 aliphatic heterocycles. The van der Waals surface area contributed by atoms with Crippen molar-refractivity contribution in [3.8, 4) is 21.7 Å². The number of amides is 1. The molecule has 1 fully saturated rings. The fourth-order valence-corrected chi connectivity index (χ4v) is 4.30. The smallest absolute Gasteiger partial charge is 0.254 e. The number of hydrogen-bond donors (Lipinski definition) is 1. The summed E-state index contributed by atoms with van der Waals surface area (Å²) in [6, 6.07) is 12.1. The molecule has 4 rings (SSSR count). The monoisotopic (exact) mass is 396 g/mol. The van der Waals surface area contributed by atoms with E-state index in [4.69, 9.17) is 5.73 Å². The second-order valence-corrected chi connectivity index (χ2v) is 8.24. The van der Waals surface area contributed by atoms with Gasteiger partial charge >= 0.3 is 0 Å². The maximum absolute atomic E-state index is 14.4. The van der Waals surface area contributed by atoms with Gasteiger partial charge < -0.3 is 10.6 Å². The average Bonchev–Trinajstić information content (AvgIpc) is 3.13. The number of benzene rings is 2. The third-order valence-corrected chi connectivity index (χ3v) is 5.76. The average molecular weight is 396 g/mol. The number of likely N-dealkylation sites (tertiary alicyclic amines) is 1. The quantitative estimate of drug-likeness (QED) is 0.729. The highest BCUT2D eigenvalue weighted by Crippen LogP contribution is 2.34. The van der Waals surface area contributed by atoms with E-state index >= 15 is 0 Å². The summed E-state index contributed by atoms with van der Waals surface area (Å²) in [5.41, 5.74) is 8.68. The normalized spacial score (nSPS) is 17.0. The maximum Gasteiger partial charge on any atom is 0.254 e. The van der Waals surface area contributed by atoms with Gasteiger partial charge in [0.1, 0.15) is 15.8 Å². The van der Waals surface area contributed by atoms with Crippen LogP contribution < -0.4 is 5.73 Å². The highest BCUT2D eigenvalue weighted by atomic mass is 32.1. The second-order valence-electron chi connectivity index (χ2n) is 7.05. The molecule has 3 aromatic rings. The zero-order valence-electron chi connectivity index (χ0n) is 15.6. The topological polar surface area (TPSA) is 72.1 Å². The minimum atomic E-state index is -0.439. The number of carbonyl (C=O) groups excluding carboxylic acids is 1. The lowest BCUT2D eigenvalue weighted by Crippen LogP contribution is -2.45. The molecule has 1 aliphatic rings. The Labute approximate surface area is 167 Å². The summed E-state index contributed by atoms with van der Waals surface area (Å²) in [6.07, 6.45) is 1.78. The van der Waals surface area contributed by atoms with Crippen LogP contribution in [-0.4, -0.2) is 40.1 Å². The van der Waals surface area contributed by atoms with Crippen molar-refractivity contribution in [3.05, 3.63) is 58.9 Å². The van der Waals surface area contributed by atoms with Crippen LogP contribution in [0.1, 0.15) is 28.2 Å². The number of nitrogens with zero attached hydrogens (tertiary/aromatic N) is 3. The van der Waals surface area contributed by atoms with Gasteiger partial charge in [0, 0.05) is 30.3 Å². The molecule has 0 aliphatic carbocycles. The third kappa shape index (κ3) is 3.81. The van der Waals surface area contributed by atoms with Crippen molar-refractivity contribution in [2.75, 3.05) is 13.1 Å². The van der Waals surface area contributed by atoms with Crippen molar-refractivity contribution in [1.29, 1.82) is 0 Å². The molecule has 2 heterocycles. The van der Waals surface area contributed by atoms with Crippen molar-refractivity contribution in [2.45, 2.75) is 25.8 Å². The minimum Gasteiger partial charge on any atom is -0.337 e. The zero-order chi connectivity index (χ0) is 19.7. The van der Waals surface area contributed by atoms with Crippen molar-refractivity contribution in [1.82, 2.24) is 15.1 Å². The molecule has 1 aromatic heterocycles. The Balaban J connectivity index is 1.73. The molecular weight excluding hydrogens is 375 g/mol. The predicted octanol–water partition coefficient (Wildman–Crippen LogP) is 3.88. The van der Waals surface area contributed by atoms with Crippen LogP contribution in [0.25, 0.3) is 21.7 Å². The number of rotatable bonds is 3. The molecule has 1 amide bonds. The summed E-state index contributed by atoms with van der Waals surface area (Å²) < 4.78 is 14.4. The van der Waals surface area contributed by atoms with Crippen LogP contribution in [0.4, 0.5) is 4.39 Å². The number of halogens is 1. The van der Waals surface area contributed by atoms with Crippen molar-refractivity contribution < 1.29 is 9.18 Å². The number of aryl methyl sites for hydroxylation is 1. The van der Waals surface area contributed by atoms with E-state index in [1.54, 1.807) is 11.0 Å². The second kappa shape index (κ2) is 7.77. The first-order chi connectivity index (χ1) is 13.5. The van der Waals surface area contributed by atoms with Gasteiger partial charge in [-0.3, -0.25) is 4.79 Å². The Morgan fingerprint density at radius 3 is 2.71 bits per heavy atom. The molecular formula is C21H21FN4OS. The molecule has 1 saturated heterocycles. The van der Waals surface area contributed by atoms with E-state index in [-0.39, 0.29) is 11.9 Å². The number of carbonyl (C=O) groups is 1. The summed E-state index contributed by atoms with van der Waals surface area (Å²) in [5.74, 6) is -0.620. The van der Waals surface area contributed by atoms with Crippen LogP contribution in [0.2, 0.25) is 0 Å². The van der Waals surface area contributed by atoms with E-state index in [1.165, 1.54) is 23.5 Å². The lowest BCUT2D eigenvalue weighted by atomic mass is 9.97. The molecule has 144 valence electrons. The summed E-state index contributed by atoms with van der Waals surface area (Å²) in [5, 5.41) is 9.93. The molecule has 0 radical (unpaired) electrons. The highest BCUT2D eigenvalue weighted by Gasteiger charge is 2.23. The standard InChI is InChI=1S/C21H21FN4OS/c1-13-24-25-20(28-13)19-7-3-2-6-18(19)14-9-15(11-16(22)10-14)21(27)26-8-4-5-17(23)12-26/h2-3,6-7,9-11,17H,4-5,8,12,23H2,1H3. The van der Waals surface area contributed by atoms with Crippen molar-refractivity contribution in [3.63, 3.8) is 0 Å². The molecule has 2 N–H and O–H groups in total. The number of piperidine rings is 1. The lowest BCUT2D eigenvalue weighted by Gasteiger charge is -2.31. The molecule has 1 atom stereocenters. The Morgan fingerprint density at radius 1 is 1.21 bits per heavy atom. The molecule has 1 unspecified atom stereocenters. The first kappa shape index (κ1) is 18.7. The maximum atomic E-state index is 14.4. The van der Waals surface area contributed by atoms with Gasteiger partial charge in [-0.05, 0) is 49.1 Å². The van der Waals surface area contributed by atoms with Gasteiger partial charge in [-0.1, -0.05) is 35.6 Å². The van der Waals surface area contributed by atoms with E-state index < -0.39 is 5.82 Å². The molecule has 0 spiro atoms. The van der Waals surface area contributed by atoms with Crippen LogP contribution >= 0.6 is 11.3 Å². The summed E-state index contributed by atoms with van der Waals surface area (Å²) >= 11 is 1.48. The van der Waals surface area contributed by atoms with E-state index in [9.17, 15) is 9.18 Å². The first-order valence-corrected chi connectivity index (χ1v) is 10.1. The summed E-state index contributed by atoms with van der Waals surface area (Å²) in [7, 11) is 0. The minimum absolute atomic E-state index is 0.0212.